The van der Waals surface area contributed by atoms with Crippen LogP contribution in [0.1, 0.15) is 12.0 Å². The van der Waals surface area contributed by atoms with Gasteiger partial charge in [-0.1, -0.05) is 29.5 Å². The van der Waals surface area contributed by atoms with Crippen LogP contribution in [0, 0.1) is 10.1 Å². The monoisotopic (exact) mass is 329 g/mol. The van der Waals surface area contributed by atoms with Gasteiger partial charge in [-0.3, -0.25) is 0 Å². The summed E-state index contributed by atoms with van der Waals surface area (Å²) >= 11 is 1.38. The van der Waals surface area contributed by atoms with Gasteiger partial charge >= 0.3 is 5.82 Å². The molecule has 0 spiro atoms. The van der Waals surface area contributed by atoms with Gasteiger partial charge in [-0.25, -0.2) is 0 Å². The van der Waals surface area contributed by atoms with Crippen LogP contribution in [-0.2, 0) is 6.42 Å². The van der Waals surface area contributed by atoms with Crippen LogP contribution in [0.15, 0.2) is 35.8 Å². The highest BCUT2D eigenvalue weighted by Crippen LogP contribution is 2.29. The smallest absolute Gasteiger partial charge is 0.372 e. The maximum atomic E-state index is 11.3. The molecule has 1 aliphatic rings. The van der Waals surface area contributed by atoms with Crippen molar-refractivity contribution in [1.29, 1.82) is 0 Å². The molecule has 1 aromatic carbocycles. The third-order valence-electron chi connectivity index (χ3n) is 4.06. The normalized spacial score (nSPS) is 16.8. The zero-order valence-electron chi connectivity index (χ0n) is 12.2. The van der Waals surface area contributed by atoms with Gasteiger partial charge in [-0.15, -0.1) is 0 Å². The molecule has 0 radical (unpaired) electrons. The number of aromatic nitrogens is 2. The number of nitrogens with one attached hydrogen (secondary N) is 2. The van der Waals surface area contributed by atoms with Crippen molar-refractivity contribution < 1.29 is 4.92 Å². The summed E-state index contributed by atoms with van der Waals surface area (Å²) in [6, 6.07) is 8.47. The average molecular weight is 329 g/mol. The van der Waals surface area contributed by atoms with E-state index in [2.05, 4.69) is 27.8 Å². The summed E-state index contributed by atoms with van der Waals surface area (Å²) in [4.78, 5) is 15.9. The second-order valence-electron chi connectivity index (χ2n) is 5.51. The fraction of sp³-hybridized carbons (Fsp3) is 0.267. The van der Waals surface area contributed by atoms with Crippen molar-refractivity contribution in [3.8, 4) is 0 Å². The third kappa shape index (κ3) is 2.50. The second kappa shape index (κ2) is 5.54. The van der Waals surface area contributed by atoms with E-state index in [-0.39, 0.29) is 11.9 Å². The number of rotatable bonds is 4. The first-order valence-electron chi connectivity index (χ1n) is 7.40. The van der Waals surface area contributed by atoms with Crippen molar-refractivity contribution in [1.82, 2.24) is 9.38 Å². The minimum Gasteiger partial charge on any atom is -0.380 e. The van der Waals surface area contributed by atoms with Crippen molar-refractivity contribution in [2.24, 2.45) is 0 Å². The molecular formula is C15H15N5O2S. The zero-order chi connectivity index (χ0) is 15.8. The van der Waals surface area contributed by atoms with Gasteiger partial charge in [0.15, 0.2) is 0 Å². The van der Waals surface area contributed by atoms with Gasteiger partial charge in [-0.05, 0) is 29.4 Å². The number of imidazole rings is 1. The molecule has 0 saturated heterocycles. The molecule has 2 aromatic heterocycles. The van der Waals surface area contributed by atoms with Gasteiger partial charge in [-0.2, -0.15) is 9.38 Å². The fourth-order valence-corrected chi connectivity index (χ4v) is 3.65. The Labute approximate surface area is 136 Å². The lowest BCUT2D eigenvalue weighted by atomic mass is 9.98. The number of benzene rings is 1. The number of para-hydroxylation sites is 1. The van der Waals surface area contributed by atoms with Gasteiger partial charge in [0, 0.05) is 23.7 Å². The first-order chi connectivity index (χ1) is 11.2. The lowest BCUT2D eigenvalue weighted by Crippen LogP contribution is -2.32. The van der Waals surface area contributed by atoms with Gasteiger partial charge in [0.05, 0.1) is 0 Å². The largest absolute Gasteiger partial charge is 0.380 e. The van der Waals surface area contributed by atoms with E-state index in [1.807, 2.05) is 12.1 Å². The van der Waals surface area contributed by atoms with Crippen LogP contribution in [0.25, 0.3) is 4.96 Å². The Balaban J connectivity index is 1.51. The van der Waals surface area contributed by atoms with E-state index in [1.165, 1.54) is 21.3 Å². The van der Waals surface area contributed by atoms with Crippen LogP contribution in [0.5, 0.6) is 0 Å². The van der Waals surface area contributed by atoms with E-state index < -0.39 is 4.92 Å². The quantitative estimate of drug-likeness (QED) is 0.567. The van der Waals surface area contributed by atoms with E-state index in [4.69, 9.17) is 0 Å². The van der Waals surface area contributed by atoms with Gasteiger partial charge in [0.1, 0.15) is 6.20 Å². The summed E-state index contributed by atoms with van der Waals surface area (Å²) in [6.45, 7) is 0.597. The number of nitro groups is 1. The molecule has 8 heteroatoms. The van der Waals surface area contributed by atoms with Crippen LogP contribution >= 0.6 is 11.3 Å². The van der Waals surface area contributed by atoms with Gasteiger partial charge in [0.25, 0.3) is 4.96 Å². The first kappa shape index (κ1) is 14.0. The van der Waals surface area contributed by atoms with Crippen LogP contribution in [-0.4, -0.2) is 26.9 Å². The number of hydrogen-bond acceptors (Lipinski definition) is 6. The first-order valence-corrected chi connectivity index (χ1v) is 8.28. The summed E-state index contributed by atoms with van der Waals surface area (Å²) in [5, 5.41) is 19.7. The van der Waals surface area contributed by atoms with Crippen LogP contribution < -0.4 is 10.6 Å². The highest BCUT2D eigenvalue weighted by molar-refractivity contribution is 7.15. The van der Waals surface area contributed by atoms with E-state index >= 15 is 0 Å². The average Bonchev–Trinajstić information content (AvgIpc) is 3.12. The molecule has 0 fully saturated rings. The third-order valence-corrected chi connectivity index (χ3v) is 4.82. The van der Waals surface area contributed by atoms with Crippen LogP contribution in [0.4, 0.5) is 17.3 Å². The Morgan fingerprint density at radius 3 is 3.22 bits per heavy atom. The van der Waals surface area contributed by atoms with E-state index in [0.717, 1.165) is 18.5 Å². The molecule has 2 N–H and O–H groups in total. The molecule has 118 valence electrons. The summed E-state index contributed by atoms with van der Waals surface area (Å²) in [5.74, 6) is 0.333. The number of aryl methyl sites for hydroxylation is 1. The molecule has 1 atom stereocenters. The number of fused-ring (bicyclic) bond motifs is 2. The Kier molecular flexibility index (Phi) is 3.38. The van der Waals surface area contributed by atoms with E-state index in [9.17, 15) is 10.1 Å². The fourth-order valence-electron chi connectivity index (χ4n) is 2.94. The Bertz CT molecular complexity index is 872. The molecule has 3 heterocycles. The Morgan fingerprint density at radius 1 is 1.48 bits per heavy atom. The molecule has 23 heavy (non-hydrogen) atoms. The maximum absolute atomic E-state index is 11.3. The summed E-state index contributed by atoms with van der Waals surface area (Å²) in [6.07, 6.45) is 3.67. The van der Waals surface area contributed by atoms with Crippen LogP contribution in [0.3, 0.4) is 0 Å². The number of thiazole rings is 1. The van der Waals surface area contributed by atoms with Crippen molar-refractivity contribution in [2.45, 2.75) is 18.9 Å². The molecular weight excluding hydrogens is 314 g/mol. The molecule has 0 bridgehead atoms. The van der Waals surface area contributed by atoms with Gasteiger partial charge < -0.3 is 20.7 Å². The van der Waals surface area contributed by atoms with E-state index in [1.54, 1.807) is 11.6 Å². The maximum Gasteiger partial charge on any atom is 0.372 e. The lowest BCUT2D eigenvalue weighted by molar-refractivity contribution is -0.389. The standard InChI is InChI=1S/C15H15N5O2S/c21-20(22)14-13(18-15-19(14)7-8-23-15)16-9-11-6-5-10-3-1-2-4-12(10)17-11/h1-4,7-8,11,16-17H,5-6,9H2. The molecule has 0 saturated carbocycles. The minimum atomic E-state index is -0.390. The molecule has 7 nitrogen and oxygen atoms in total. The molecule has 4 rings (SSSR count). The number of anilines is 2. The lowest BCUT2D eigenvalue weighted by Gasteiger charge is -2.27. The number of nitrogens with zero attached hydrogens (tertiary/aromatic N) is 3. The molecule has 1 aliphatic heterocycles. The number of hydrogen-bond donors (Lipinski definition) is 2. The van der Waals surface area contributed by atoms with Crippen molar-refractivity contribution >= 4 is 33.6 Å². The van der Waals surface area contributed by atoms with Crippen LogP contribution in [0.2, 0.25) is 0 Å². The topological polar surface area (TPSA) is 84.5 Å². The summed E-state index contributed by atoms with van der Waals surface area (Å²) in [7, 11) is 0. The molecule has 3 aromatic rings. The highest BCUT2D eigenvalue weighted by atomic mass is 32.1. The molecule has 0 amide bonds. The zero-order valence-corrected chi connectivity index (χ0v) is 13.0. The van der Waals surface area contributed by atoms with E-state index in [0.29, 0.717) is 17.3 Å². The SMILES string of the molecule is O=[N+]([O-])c1c(NCC2CCc3ccccc3N2)nc2sccn12. The summed E-state index contributed by atoms with van der Waals surface area (Å²) in [5.41, 5.74) is 2.46. The second-order valence-corrected chi connectivity index (χ2v) is 6.39. The van der Waals surface area contributed by atoms with Crippen molar-refractivity contribution in [3.05, 3.63) is 51.5 Å². The van der Waals surface area contributed by atoms with Crippen molar-refractivity contribution in [3.63, 3.8) is 0 Å². The Morgan fingerprint density at radius 2 is 2.35 bits per heavy atom. The predicted molar refractivity (Wildman–Crippen MR) is 90.4 cm³/mol. The predicted octanol–water partition coefficient (Wildman–Crippen LogP) is 3.14. The Hall–Kier alpha value is -2.61. The van der Waals surface area contributed by atoms with Crippen molar-refractivity contribution in [2.75, 3.05) is 17.2 Å². The molecule has 0 aliphatic carbocycles. The molecule has 1 unspecified atom stereocenters. The highest BCUT2D eigenvalue weighted by Gasteiger charge is 2.25. The van der Waals surface area contributed by atoms with Gasteiger partial charge in [0.2, 0.25) is 5.82 Å². The summed E-state index contributed by atoms with van der Waals surface area (Å²) < 4.78 is 1.51. The minimum absolute atomic E-state index is 0.00235.